The third kappa shape index (κ3) is 3.62. The number of benzene rings is 1. The standard InChI is InChI=1S/C14H17F3N2S/c15-14(16,17)12-8-10(6-7-11(12)13(18)20)19-9-4-2-1-3-5-9/h6-9,19H,1-5H2,(H2,18,20). The molecule has 20 heavy (non-hydrogen) atoms. The van der Waals surface area contributed by atoms with Crippen LogP contribution in [-0.2, 0) is 6.18 Å². The maximum atomic E-state index is 13.0. The molecule has 1 aromatic carbocycles. The Morgan fingerprint density at radius 1 is 1.20 bits per heavy atom. The number of anilines is 1. The van der Waals surface area contributed by atoms with Crippen molar-refractivity contribution in [1.82, 2.24) is 0 Å². The first-order valence-electron chi connectivity index (χ1n) is 6.65. The van der Waals surface area contributed by atoms with Gasteiger partial charge in [-0.15, -0.1) is 0 Å². The molecule has 0 spiro atoms. The highest BCUT2D eigenvalue weighted by Crippen LogP contribution is 2.34. The van der Waals surface area contributed by atoms with Gasteiger partial charge in [-0.25, -0.2) is 0 Å². The van der Waals surface area contributed by atoms with Crippen molar-refractivity contribution in [1.29, 1.82) is 0 Å². The molecule has 0 heterocycles. The number of nitrogens with two attached hydrogens (primary N) is 1. The van der Waals surface area contributed by atoms with Crippen molar-refractivity contribution in [2.75, 3.05) is 5.32 Å². The number of hydrogen-bond acceptors (Lipinski definition) is 2. The average molecular weight is 302 g/mol. The van der Waals surface area contributed by atoms with Gasteiger partial charge in [0.25, 0.3) is 0 Å². The number of alkyl halides is 3. The fourth-order valence-corrected chi connectivity index (χ4v) is 2.74. The van der Waals surface area contributed by atoms with Gasteiger partial charge in [-0.2, -0.15) is 13.2 Å². The molecule has 2 nitrogen and oxygen atoms in total. The summed E-state index contributed by atoms with van der Waals surface area (Å²) < 4.78 is 39.1. The van der Waals surface area contributed by atoms with E-state index in [1.165, 1.54) is 12.5 Å². The van der Waals surface area contributed by atoms with Crippen molar-refractivity contribution in [2.24, 2.45) is 5.73 Å². The van der Waals surface area contributed by atoms with E-state index in [-0.39, 0.29) is 16.6 Å². The zero-order valence-electron chi connectivity index (χ0n) is 11.0. The van der Waals surface area contributed by atoms with Gasteiger partial charge in [0.1, 0.15) is 4.99 Å². The molecule has 1 aliphatic carbocycles. The Hall–Kier alpha value is -1.30. The first kappa shape index (κ1) is 15.1. The molecule has 6 heteroatoms. The number of thiocarbonyl (C=S) groups is 1. The second-order valence-electron chi connectivity index (χ2n) is 5.10. The van der Waals surface area contributed by atoms with E-state index in [0.29, 0.717) is 5.69 Å². The lowest BCUT2D eigenvalue weighted by Crippen LogP contribution is -2.23. The highest BCUT2D eigenvalue weighted by molar-refractivity contribution is 7.80. The lowest BCUT2D eigenvalue weighted by Gasteiger charge is -2.24. The van der Waals surface area contributed by atoms with E-state index in [9.17, 15) is 13.2 Å². The van der Waals surface area contributed by atoms with Gasteiger partial charge in [0.15, 0.2) is 0 Å². The topological polar surface area (TPSA) is 38.0 Å². The first-order valence-corrected chi connectivity index (χ1v) is 7.06. The normalized spacial score (nSPS) is 16.9. The molecule has 0 atom stereocenters. The van der Waals surface area contributed by atoms with E-state index >= 15 is 0 Å². The molecule has 0 amide bonds. The summed E-state index contributed by atoms with van der Waals surface area (Å²) in [6.45, 7) is 0. The van der Waals surface area contributed by atoms with E-state index in [0.717, 1.165) is 31.7 Å². The Morgan fingerprint density at radius 2 is 1.85 bits per heavy atom. The Kier molecular flexibility index (Phi) is 4.52. The lowest BCUT2D eigenvalue weighted by molar-refractivity contribution is -0.137. The molecule has 0 saturated heterocycles. The van der Waals surface area contributed by atoms with E-state index in [2.05, 4.69) is 17.5 Å². The van der Waals surface area contributed by atoms with E-state index in [1.807, 2.05) is 0 Å². The summed E-state index contributed by atoms with van der Waals surface area (Å²) in [7, 11) is 0. The van der Waals surface area contributed by atoms with Crippen molar-refractivity contribution >= 4 is 22.9 Å². The number of hydrogen-bond donors (Lipinski definition) is 2. The second kappa shape index (κ2) is 5.99. The van der Waals surface area contributed by atoms with Crippen LogP contribution in [0.25, 0.3) is 0 Å². The molecule has 1 saturated carbocycles. The molecule has 110 valence electrons. The van der Waals surface area contributed by atoms with E-state index < -0.39 is 11.7 Å². The monoisotopic (exact) mass is 302 g/mol. The van der Waals surface area contributed by atoms with Crippen LogP contribution in [0.15, 0.2) is 18.2 Å². The van der Waals surface area contributed by atoms with Crippen LogP contribution in [0.1, 0.15) is 43.2 Å². The van der Waals surface area contributed by atoms with Gasteiger partial charge < -0.3 is 11.1 Å². The SMILES string of the molecule is NC(=S)c1ccc(NC2CCCCC2)cc1C(F)(F)F. The minimum Gasteiger partial charge on any atom is -0.389 e. The Morgan fingerprint density at radius 3 is 2.40 bits per heavy atom. The third-order valence-electron chi connectivity index (χ3n) is 3.57. The molecule has 0 aromatic heterocycles. The summed E-state index contributed by atoms with van der Waals surface area (Å²) in [4.78, 5) is -0.235. The van der Waals surface area contributed by atoms with Gasteiger partial charge in [0.05, 0.1) is 5.56 Å². The minimum absolute atomic E-state index is 0.123. The van der Waals surface area contributed by atoms with Gasteiger partial charge in [-0.1, -0.05) is 31.5 Å². The molecule has 0 unspecified atom stereocenters. The largest absolute Gasteiger partial charge is 0.417 e. The molecule has 1 aromatic rings. The van der Waals surface area contributed by atoms with Gasteiger partial charge in [0.2, 0.25) is 0 Å². The summed E-state index contributed by atoms with van der Waals surface area (Å²) in [5.74, 6) is 0. The zero-order valence-corrected chi connectivity index (χ0v) is 11.8. The Balaban J connectivity index is 2.25. The van der Waals surface area contributed by atoms with Crippen molar-refractivity contribution in [3.8, 4) is 0 Å². The van der Waals surface area contributed by atoms with E-state index in [4.69, 9.17) is 5.73 Å². The fourth-order valence-electron chi connectivity index (χ4n) is 2.57. The number of halogens is 3. The number of rotatable bonds is 3. The summed E-state index contributed by atoms with van der Waals surface area (Å²) in [6.07, 6.45) is 0.982. The molecule has 2 rings (SSSR count). The Labute approximate surface area is 121 Å². The van der Waals surface area contributed by atoms with Crippen LogP contribution in [0.4, 0.5) is 18.9 Å². The van der Waals surface area contributed by atoms with Crippen molar-refractivity contribution in [3.05, 3.63) is 29.3 Å². The maximum Gasteiger partial charge on any atom is 0.417 e. The maximum absolute atomic E-state index is 13.0. The molecule has 0 bridgehead atoms. The molecule has 0 radical (unpaired) electrons. The average Bonchev–Trinajstić information content (AvgIpc) is 2.38. The van der Waals surface area contributed by atoms with Crippen LogP contribution >= 0.6 is 12.2 Å². The Bertz CT molecular complexity index is 494. The predicted molar refractivity (Wildman–Crippen MR) is 77.8 cm³/mol. The smallest absolute Gasteiger partial charge is 0.389 e. The van der Waals surface area contributed by atoms with Gasteiger partial charge >= 0.3 is 6.18 Å². The molecular formula is C14H17F3N2S. The minimum atomic E-state index is -4.46. The molecule has 1 fully saturated rings. The van der Waals surface area contributed by atoms with Gasteiger partial charge in [-0.05, 0) is 31.0 Å². The number of nitrogens with one attached hydrogen (secondary N) is 1. The van der Waals surface area contributed by atoms with Crippen LogP contribution in [-0.4, -0.2) is 11.0 Å². The van der Waals surface area contributed by atoms with Crippen molar-refractivity contribution in [3.63, 3.8) is 0 Å². The second-order valence-corrected chi connectivity index (χ2v) is 5.54. The third-order valence-corrected chi connectivity index (χ3v) is 3.79. The van der Waals surface area contributed by atoms with E-state index in [1.54, 1.807) is 6.07 Å². The van der Waals surface area contributed by atoms with Crippen LogP contribution in [0.2, 0.25) is 0 Å². The van der Waals surface area contributed by atoms with Crippen LogP contribution < -0.4 is 11.1 Å². The molecule has 0 aliphatic heterocycles. The highest BCUT2D eigenvalue weighted by Gasteiger charge is 2.34. The molecule has 1 aliphatic rings. The quantitative estimate of drug-likeness (QED) is 0.826. The van der Waals surface area contributed by atoms with Crippen LogP contribution in [0, 0.1) is 0 Å². The summed E-state index contributed by atoms with van der Waals surface area (Å²) in [5, 5.41) is 3.18. The van der Waals surface area contributed by atoms with Gasteiger partial charge in [-0.3, -0.25) is 0 Å². The van der Waals surface area contributed by atoms with Crippen molar-refractivity contribution in [2.45, 2.75) is 44.3 Å². The van der Waals surface area contributed by atoms with Gasteiger partial charge in [0, 0.05) is 17.3 Å². The van der Waals surface area contributed by atoms with Crippen LogP contribution in [0.3, 0.4) is 0 Å². The fraction of sp³-hybridized carbons (Fsp3) is 0.500. The predicted octanol–water partition coefficient (Wildman–Crippen LogP) is 4.08. The summed E-state index contributed by atoms with van der Waals surface area (Å²) in [5.41, 5.74) is 4.94. The summed E-state index contributed by atoms with van der Waals surface area (Å²) >= 11 is 4.68. The van der Waals surface area contributed by atoms with Crippen molar-refractivity contribution < 1.29 is 13.2 Å². The summed E-state index contributed by atoms with van der Waals surface area (Å²) in [6, 6.07) is 4.30. The lowest BCUT2D eigenvalue weighted by atomic mass is 9.95. The first-order chi connectivity index (χ1) is 9.38. The molecule has 3 N–H and O–H groups in total. The van der Waals surface area contributed by atoms with Crippen LogP contribution in [0.5, 0.6) is 0 Å². The highest BCUT2D eigenvalue weighted by atomic mass is 32.1. The molecular weight excluding hydrogens is 285 g/mol. The zero-order chi connectivity index (χ0) is 14.8.